The summed E-state index contributed by atoms with van der Waals surface area (Å²) in [5.41, 5.74) is 2.63. The highest BCUT2D eigenvalue weighted by atomic mass is 16.5. The first-order valence-corrected chi connectivity index (χ1v) is 13.3. The third kappa shape index (κ3) is 6.47. The van der Waals surface area contributed by atoms with Crippen LogP contribution in [0.3, 0.4) is 0 Å². The molecule has 9 heteroatoms. The molecule has 0 aliphatic carbocycles. The summed E-state index contributed by atoms with van der Waals surface area (Å²) in [6.45, 7) is 8.17. The first-order valence-electron chi connectivity index (χ1n) is 13.3. The standard InChI is InChI=1S/C30H37N5O4/c1-21(2)30(37)35(22(3)23-9-7-6-8-10-23)20-29(36)34-17-15-33(16-18-34)28-14-12-25(31-32-28)24-11-13-26(38-4)27(19-24)39-5/h6-14,19,21-22H,15-18,20H2,1-5H3/t22-/m0/s1. The van der Waals surface area contributed by atoms with Gasteiger partial charge in [-0.25, -0.2) is 0 Å². The molecule has 4 rings (SSSR count). The van der Waals surface area contributed by atoms with E-state index < -0.39 is 0 Å². The van der Waals surface area contributed by atoms with E-state index in [1.54, 1.807) is 19.1 Å². The van der Waals surface area contributed by atoms with E-state index in [1.165, 1.54) is 0 Å². The molecule has 1 atom stereocenters. The molecule has 0 radical (unpaired) electrons. The number of piperazine rings is 1. The molecule has 0 N–H and O–H groups in total. The first-order chi connectivity index (χ1) is 18.8. The summed E-state index contributed by atoms with van der Waals surface area (Å²) < 4.78 is 10.7. The molecule has 0 saturated carbocycles. The number of ether oxygens (including phenoxy) is 2. The van der Waals surface area contributed by atoms with Crippen LogP contribution in [0, 0.1) is 5.92 Å². The number of carbonyl (C=O) groups is 2. The van der Waals surface area contributed by atoms with Crippen molar-refractivity contribution in [2.24, 2.45) is 5.92 Å². The van der Waals surface area contributed by atoms with Crippen LogP contribution in [0.15, 0.2) is 60.7 Å². The molecular formula is C30H37N5O4. The molecule has 2 amide bonds. The number of aromatic nitrogens is 2. The van der Waals surface area contributed by atoms with Crippen LogP contribution < -0.4 is 14.4 Å². The van der Waals surface area contributed by atoms with Crippen molar-refractivity contribution < 1.29 is 19.1 Å². The highest BCUT2D eigenvalue weighted by Gasteiger charge is 2.29. The molecular weight excluding hydrogens is 494 g/mol. The molecule has 0 spiro atoms. The second-order valence-corrected chi connectivity index (χ2v) is 9.92. The topological polar surface area (TPSA) is 88.1 Å². The van der Waals surface area contributed by atoms with Crippen LogP contribution in [0.25, 0.3) is 11.3 Å². The lowest BCUT2D eigenvalue weighted by molar-refractivity contribution is -0.144. The summed E-state index contributed by atoms with van der Waals surface area (Å²) >= 11 is 0. The van der Waals surface area contributed by atoms with Crippen LogP contribution in [-0.4, -0.2) is 78.8 Å². The average Bonchev–Trinajstić information content (AvgIpc) is 2.99. The molecule has 39 heavy (non-hydrogen) atoms. The lowest BCUT2D eigenvalue weighted by Gasteiger charge is -2.37. The van der Waals surface area contributed by atoms with E-state index in [2.05, 4.69) is 15.1 Å². The summed E-state index contributed by atoms with van der Waals surface area (Å²) in [6, 6.07) is 19.2. The molecule has 1 aromatic heterocycles. The van der Waals surface area contributed by atoms with E-state index in [4.69, 9.17) is 9.47 Å². The minimum atomic E-state index is -0.193. The maximum Gasteiger partial charge on any atom is 0.242 e. The molecule has 0 bridgehead atoms. The van der Waals surface area contributed by atoms with Crippen molar-refractivity contribution in [1.82, 2.24) is 20.0 Å². The van der Waals surface area contributed by atoms with Crippen molar-refractivity contribution in [2.45, 2.75) is 26.8 Å². The number of methoxy groups -OCH3 is 2. The van der Waals surface area contributed by atoms with E-state index in [1.807, 2.05) is 86.3 Å². The summed E-state index contributed by atoms with van der Waals surface area (Å²) in [6.07, 6.45) is 0. The Hall–Kier alpha value is -4.14. The molecule has 1 fully saturated rings. The zero-order chi connectivity index (χ0) is 27.9. The maximum absolute atomic E-state index is 13.3. The average molecular weight is 532 g/mol. The Morgan fingerprint density at radius 1 is 0.872 bits per heavy atom. The Morgan fingerprint density at radius 3 is 2.15 bits per heavy atom. The van der Waals surface area contributed by atoms with Gasteiger partial charge in [0, 0.05) is 37.7 Å². The van der Waals surface area contributed by atoms with Gasteiger partial charge < -0.3 is 24.2 Å². The van der Waals surface area contributed by atoms with Crippen LogP contribution in [0.4, 0.5) is 5.82 Å². The lowest BCUT2D eigenvalue weighted by Crippen LogP contribution is -2.52. The molecule has 2 heterocycles. The molecule has 1 saturated heterocycles. The summed E-state index contributed by atoms with van der Waals surface area (Å²) in [5.74, 6) is 1.80. The normalized spacial score (nSPS) is 14.2. The van der Waals surface area contributed by atoms with E-state index in [9.17, 15) is 9.59 Å². The van der Waals surface area contributed by atoms with Crippen LogP contribution in [0.5, 0.6) is 11.5 Å². The number of hydrogen-bond acceptors (Lipinski definition) is 7. The third-order valence-electron chi connectivity index (χ3n) is 7.12. The van der Waals surface area contributed by atoms with Crippen LogP contribution in [0.2, 0.25) is 0 Å². The number of benzene rings is 2. The van der Waals surface area contributed by atoms with Crippen molar-refractivity contribution in [1.29, 1.82) is 0 Å². The molecule has 0 unspecified atom stereocenters. The largest absolute Gasteiger partial charge is 0.493 e. The van der Waals surface area contributed by atoms with Gasteiger partial charge in [0.05, 0.1) is 26.0 Å². The predicted octanol–water partition coefficient (Wildman–Crippen LogP) is 4.06. The zero-order valence-corrected chi connectivity index (χ0v) is 23.3. The number of anilines is 1. The van der Waals surface area contributed by atoms with E-state index >= 15 is 0 Å². The first kappa shape index (κ1) is 27.9. The molecule has 1 aliphatic rings. The predicted molar refractivity (Wildman–Crippen MR) is 151 cm³/mol. The van der Waals surface area contributed by atoms with Crippen molar-refractivity contribution in [3.05, 3.63) is 66.2 Å². The quantitative estimate of drug-likeness (QED) is 0.412. The van der Waals surface area contributed by atoms with Crippen LogP contribution >= 0.6 is 0 Å². The monoisotopic (exact) mass is 531 g/mol. The lowest BCUT2D eigenvalue weighted by atomic mass is 10.0. The van der Waals surface area contributed by atoms with Gasteiger partial charge in [0.2, 0.25) is 11.8 Å². The third-order valence-corrected chi connectivity index (χ3v) is 7.12. The van der Waals surface area contributed by atoms with Gasteiger partial charge in [-0.1, -0.05) is 44.2 Å². The number of hydrogen-bond donors (Lipinski definition) is 0. The fraction of sp³-hybridized carbons (Fsp3) is 0.400. The summed E-state index contributed by atoms with van der Waals surface area (Å²) in [5, 5.41) is 8.86. The van der Waals surface area contributed by atoms with Gasteiger partial charge >= 0.3 is 0 Å². The van der Waals surface area contributed by atoms with Gasteiger partial charge in [-0.2, -0.15) is 0 Å². The van der Waals surface area contributed by atoms with Crippen molar-refractivity contribution in [2.75, 3.05) is 51.8 Å². The highest BCUT2D eigenvalue weighted by Crippen LogP contribution is 2.31. The van der Waals surface area contributed by atoms with Crippen molar-refractivity contribution in [3.8, 4) is 22.8 Å². The number of carbonyl (C=O) groups excluding carboxylic acids is 2. The fourth-order valence-corrected chi connectivity index (χ4v) is 4.72. The number of rotatable bonds is 9. The van der Waals surface area contributed by atoms with E-state index in [0.717, 1.165) is 22.6 Å². The van der Waals surface area contributed by atoms with Crippen LogP contribution in [-0.2, 0) is 9.59 Å². The second kappa shape index (κ2) is 12.6. The Kier molecular flexibility index (Phi) is 9.01. The van der Waals surface area contributed by atoms with Gasteiger partial charge in [-0.05, 0) is 42.8 Å². The second-order valence-electron chi connectivity index (χ2n) is 9.92. The zero-order valence-electron chi connectivity index (χ0n) is 23.3. The Bertz CT molecular complexity index is 1260. The fourth-order valence-electron chi connectivity index (χ4n) is 4.72. The minimum Gasteiger partial charge on any atom is -0.493 e. The van der Waals surface area contributed by atoms with Gasteiger partial charge in [-0.3, -0.25) is 9.59 Å². The summed E-state index contributed by atoms with van der Waals surface area (Å²) in [7, 11) is 3.20. The smallest absolute Gasteiger partial charge is 0.242 e. The maximum atomic E-state index is 13.3. The highest BCUT2D eigenvalue weighted by molar-refractivity contribution is 5.86. The Labute approximate surface area is 230 Å². The van der Waals surface area contributed by atoms with E-state index in [-0.39, 0.29) is 30.3 Å². The molecule has 2 aromatic carbocycles. The number of amides is 2. The van der Waals surface area contributed by atoms with Gasteiger partial charge in [0.15, 0.2) is 17.3 Å². The minimum absolute atomic E-state index is 0.0248. The summed E-state index contributed by atoms with van der Waals surface area (Å²) in [4.78, 5) is 32.0. The van der Waals surface area contributed by atoms with Gasteiger partial charge in [0.1, 0.15) is 6.54 Å². The van der Waals surface area contributed by atoms with Crippen molar-refractivity contribution in [3.63, 3.8) is 0 Å². The molecule has 3 aromatic rings. The molecule has 1 aliphatic heterocycles. The van der Waals surface area contributed by atoms with Crippen molar-refractivity contribution >= 4 is 17.6 Å². The van der Waals surface area contributed by atoms with Gasteiger partial charge in [0.25, 0.3) is 0 Å². The molecule has 9 nitrogen and oxygen atoms in total. The van der Waals surface area contributed by atoms with E-state index in [0.29, 0.717) is 37.7 Å². The SMILES string of the molecule is COc1ccc(-c2ccc(N3CCN(C(=O)CN(C(=O)C(C)C)[C@@H](C)c4ccccc4)CC3)nn2)cc1OC. The van der Waals surface area contributed by atoms with Crippen LogP contribution in [0.1, 0.15) is 32.4 Å². The Morgan fingerprint density at radius 2 is 1.56 bits per heavy atom. The van der Waals surface area contributed by atoms with Gasteiger partial charge in [-0.15, -0.1) is 10.2 Å². The Balaban J connectivity index is 1.38. The number of nitrogens with zero attached hydrogens (tertiary/aromatic N) is 5. The molecule has 206 valence electrons.